The van der Waals surface area contributed by atoms with Crippen molar-refractivity contribution in [2.45, 2.75) is 19.8 Å². The third-order valence-corrected chi connectivity index (χ3v) is 2.67. The monoisotopic (exact) mass is 222 g/mol. The van der Waals surface area contributed by atoms with Crippen molar-refractivity contribution in [3.63, 3.8) is 0 Å². The summed E-state index contributed by atoms with van der Waals surface area (Å²) in [4.78, 5) is 11.1. The number of benzene rings is 1. The van der Waals surface area contributed by atoms with Gasteiger partial charge in [-0.3, -0.25) is 4.79 Å². The maximum atomic E-state index is 11.1. The van der Waals surface area contributed by atoms with E-state index in [1.807, 2.05) is 37.3 Å². The van der Waals surface area contributed by atoms with Gasteiger partial charge in [-0.05, 0) is 24.3 Å². The van der Waals surface area contributed by atoms with Crippen LogP contribution in [0.25, 0.3) is 0 Å². The van der Waals surface area contributed by atoms with Crippen molar-refractivity contribution in [3.05, 3.63) is 35.9 Å². The lowest BCUT2D eigenvalue weighted by Gasteiger charge is -2.15. The number of aliphatic carboxylic acids is 1. The maximum Gasteiger partial charge on any atom is 0.306 e. The molecule has 0 saturated carbocycles. The number of carboxylic acid groups (broad SMARTS) is 1. The molecule has 0 saturated heterocycles. The highest BCUT2D eigenvalue weighted by Crippen LogP contribution is 2.17. The number of aliphatic hydroxyl groups excluding tert-OH is 1. The molecule has 1 aromatic rings. The second-order valence-corrected chi connectivity index (χ2v) is 4.25. The minimum absolute atomic E-state index is 0.0322. The molecule has 1 aromatic carbocycles. The van der Waals surface area contributed by atoms with E-state index in [1.165, 1.54) is 0 Å². The Kier molecular flexibility index (Phi) is 4.99. The normalized spacial score (nSPS) is 14.4. The summed E-state index contributed by atoms with van der Waals surface area (Å²) in [6, 6.07) is 9.59. The molecule has 0 fully saturated rings. The third-order valence-electron chi connectivity index (χ3n) is 2.67. The van der Waals surface area contributed by atoms with Gasteiger partial charge in [0.25, 0.3) is 0 Å². The van der Waals surface area contributed by atoms with Gasteiger partial charge in [0.1, 0.15) is 0 Å². The second-order valence-electron chi connectivity index (χ2n) is 4.25. The van der Waals surface area contributed by atoms with Crippen LogP contribution < -0.4 is 0 Å². The first-order valence-electron chi connectivity index (χ1n) is 5.51. The van der Waals surface area contributed by atoms with E-state index in [0.29, 0.717) is 12.8 Å². The van der Waals surface area contributed by atoms with E-state index in [0.717, 1.165) is 5.56 Å². The zero-order chi connectivity index (χ0) is 12.0. The van der Waals surface area contributed by atoms with E-state index in [4.69, 9.17) is 10.2 Å². The van der Waals surface area contributed by atoms with Crippen LogP contribution in [0, 0.1) is 11.8 Å². The van der Waals surface area contributed by atoms with Crippen molar-refractivity contribution in [1.29, 1.82) is 0 Å². The molecule has 2 N–H and O–H groups in total. The zero-order valence-corrected chi connectivity index (χ0v) is 9.47. The van der Waals surface area contributed by atoms with Crippen molar-refractivity contribution in [1.82, 2.24) is 0 Å². The number of hydrogen-bond acceptors (Lipinski definition) is 2. The van der Waals surface area contributed by atoms with Crippen LogP contribution in [0.3, 0.4) is 0 Å². The second kappa shape index (κ2) is 6.28. The smallest absolute Gasteiger partial charge is 0.306 e. The molecule has 2 atom stereocenters. The predicted octanol–water partition coefficient (Wildman–Crippen LogP) is 1.95. The molecule has 0 heterocycles. The average Bonchev–Trinajstić information content (AvgIpc) is 2.29. The van der Waals surface area contributed by atoms with Crippen LogP contribution >= 0.6 is 0 Å². The largest absolute Gasteiger partial charge is 0.481 e. The molecule has 2 unspecified atom stereocenters. The lowest BCUT2D eigenvalue weighted by Crippen LogP contribution is -2.20. The Hall–Kier alpha value is -1.35. The van der Waals surface area contributed by atoms with Gasteiger partial charge in [-0.15, -0.1) is 0 Å². The topological polar surface area (TPSA) is 57.5 Å². The summed E-state index contributed by atoms with van der Waals surface area (Å²) in [7, 11) is 0. The first-order chi connectivity index (χ1) is 7.63. The van der Waals surface area contributed by atoms with E-state index < -0.39 is 11.9 Å². The molecule has 16 heavy (non-hydrogen) atoms. The van der Waals surface area contributed by atoms with Crippen LogP contribution in [0.2, 0.25) is 0 Å². The quantitative estimate of drug-likeness (QED) is 0.773. The van der Waals surface area contributed by atoms with Gasteiger partial charge in [0, 0.05) is 6.61 Å². The molecule has 0 aliphatic rings. The van der Waals surface area contributed by atoms with Gasteiger partial charge in [0.15, 0.2) is 0 Å². The molecule has 3 heteroatoms. The summed E-state index contributed by atoms with van der Waals surface area (Å²) in [5.41, 5.74) is 1.03. The Morgan fingerprint density at radius 2 is 1.94 bits per heavy atom. The van der Waals surface area contributed by atoms with E-state index in [-0.39, 0.29) is 12.5 Å². The SMILES string of the molecule is CC(CO)CC(Cc1ccccc1)C(=O)O. The maximum absolute atomic E-state index is 11.1. The van der Waals surface area contributed by atoms with E-state index in [1.54, 1.807) is 0 Å². The van der Waals surface area contributed by atoms with Crippen molar-refractivity contribution in [2.24, 2.45) is 11.8 Å². The molecule has 0 amide bonds. The van der Waals surface area contributed by atoms with Crippen LogP contribution in [0.5, 0.6) is 0 Å². The first kappa shape index (κ1) is 12.7. The van der Waals surface area contributed by atoms with Gasteiger partial charge in [-0.25, -0.2) is 0 Å². The average molecular weight is 222 g/mol. The summed E-state index contributed by atoms with van der Waals surface area (Å²) < 4.78 is 0. The van der Waals surface area contributed by atoms with Crippen molar-refractivity contribution in [2.75, 3.05) is 6.61 Å². The summed E-state index contributed by atoms with van der Waals surface area (Å²) in [5.74, 6) is -1.17. The molecule has 88 valence electrons. The molecule has 3 nitrogen and oxygen atoms in total. The highest BCUT2D eigenvalue weighted by atomic mass is 16.4. The van der Waals surface area contributed by atoms with E-state index in [9.17, 15) is 4.79 Å². The highest BCUT2D eigenvalue weighted by molar-refractivity contribution is 5.70. The standard InChI is InChI=1S/C13H18O3/c1-10(9-14)7-12(13(15)16)8-11-5-3-2-4-6-11/h2-6,10,12,14H,7-9H2,1H3,(H,15,16). The highest BCUT2D eigenvalue weighted by Gasteiger charge is 2.20. The Bertz CT molecular complexity index is 321. The molecule has 0 radical (unpaired) electrons. The number of hydrogen-bond donors (Lipinski definition) is 2. The Morgan fingerprint density at radius 3 is 2.44 bits per heavy atom. The lowest BCUT2D eigenvalue weighted by molar-refractivity contribution is -0.142. The summed E-state index contributed by atoms with van der Waals surface area (Å²) in [5, 5.41) is 18.0. The fourth-order valence-electron chi connectivity index (χ4n) is 1.73. The lowest BCUT2D eigenvalue weighted by atomic mass is 9.90. The molecule has 0 bridgehead atoms. The van der Waals surface area contributed by atoms with Gasteiger partial charge in [-0.2, -0.15) is 0 Å². The molecule has 0 spiro atoms. The number of carbonyl (C=O) groups is 1. The third kappa shape index (κ3) is 4.03. The van der Waals surface area contributed by atoms with E-state index >= 15 is 0 Å². The molecular weight excluding hydrogens is 204 g/mol. The van der Waals surface area contributed by atoms with Crippen molar-refractivity contribution in [3.8, 4) is 0 Å². The van der Waals surface area contributed by atoms with Gasteiger partial charge >= 0.3 is 5.97 Å². The van der Waals surface area contributed by atoms with Crippen LogP contribution in [0.1, 0.15) is 18.9 Å². The Balaban J connectivity index is 2.62. The van der Waals surface area contributed by atoms with Gasteiger partial charge in [-0.1, -0.05) is 37.3 Å². The van der Waals surface area contributed by atoms with Gasteiger partial charge in [0.2, 0.25) is 0 Å². The van der Waals surface area contributed by atoms with E-state index in [2.05, 4.69) is 0 Å². The fourth-order valence-corrected chi connectivity index (χ4v) is 1.73. The minimum Gasteiger partial charge on any atom is -0.481 e. The molecule has 0 aromatic heterocycles. The van der Waals surface area contributed by atoms with Crippen molar-refractivity contribution >= 4 is 5.97 Å². The minimum atomic E-state index is -0.788. The number of carboxylic acids is 1. The fraction of sp³-hybridized carbons (Fsp3) is 0.462. The van der Waals surface area contributed by atoms with Crippen LogP contribution in [0.15, 0.2) is 30.3 Å². The molecular formula is C13H18O3. The predicted molar refractivity (Wildman–Crippen MR) is 62.1 cm³/mol. The zero-order valence-electron chi connectivity index (χ0n) is 9.47. The summed E-state index contributed by atoms with van der Waals surface area (Å²) in [6.07, 6.45) is 1.04. The first-order valence-corrected chi connectivity index (χ1v) is 5.51. The van der Waals surface area contributed by atoms with Crippen LogP contribution in [-0.4, -0.2) is 22.8 Å². The van der Waals surface area contributed by atoms with Crippen molar-refractivity contribution < 1.29 is 15.0 Å². The van der Waals surface area contributed by atoms with Crippen LogP contribution in [-0.2, 0) is 11.2 Å². The molecule has 0 aliphatic carbocycles. The number of aliphatic hydroxyl groups is 1. The summed E-state index contributed by atoms with van der Waals surface area (Å²) >= 11 is 0. The Labute approximate surface area is 95.7 Å². The number of rotatable bonds is 6. The van der Waals surface area contributed by atoms with Gasteiger partial charge in [0.05, 0.1) is 5.92 Å². The summed E-state index contributed by atoms with van der Waals surface area (Å²) in [6.45, 7) is 1.90. The van der Waals surface area contributed by atoms with Crippen LogP contribution in [0.4, 0.5) is 0 Å². The molecule has 0 aliphatic heterocycles. The Morgan fingerprint density at radius 1 is 1.31 bits per heavy atom. The molecule has 1 rings (SSSR count). The van der Waals surface area contributed by atoms with Gasteiger partial charge < -0.3 is 10.2 Å².